The Hall–Kier alpha value is -1.46. The molecule has 0 bridgehead atoms. The molecule has 0 aliphatic heterocycles. The van der Waals surface area contributed by atoms with E-state index >= 15 is 0 Å². The van der Waals surface area contributed by atoms with Gasteiger partial charge in [-0.3, -0.25) is 9.78 Å². The number of thioether (sulfide) groups is 2. The number of rotatable bonds is 7. The van der Waals surface area contributed by atoms with Crippen LogP contribution in [0.5, 0.6) is 0 Å². The number of pyridine rings is 1. The van der Waals surface area contributed by atoms with Gasteiger partial charge in [0.05, 0.1) is 17.5 Å². The van der Waals surface area contributed by atoms with Crippen LogP contribution in [0.15, 0.2) is 47.5 Å². The number of nitrogens with zero attached hydrogens (tertiary/aromatic N) is 1. The van der Waals surface area contributed by atoms with Crippen molar-refractivity contribution in [2.75, 3.05) is 5.75 Å². The maximum atomic E-state index is 12.7. The Labute approximate surface area is 215 Å². The van der Waals surface area contributed by atoms with E-state index in [1.165, 1.54) is 41.7 Å². The minimum absolute atomic E-state index is 0.0678. The number of amides is 1. The van der Waals surface area contributed by atoms with Gasteiger partial charge in [-0.05, 0) is 66.0 Å². The average molecular weight is 499 g/mol. The highest BCUT2D eigenvalue weighted by Crippen LogP contribution is 2.42. The number of carbonyl (C=O) groups is 1. The minimum Gasteiger partial charge on any atom is -0.347 e. The fourth-order valence-corrected chi connectivity index (χ4v) is 7.12. The second-order valence-electron chi connectivity index (χ2n) is 11.6. The van der Waals surface area contributed by atoms with Gasteiger partial charge in [0, 0.05) is 21.6 Å². The number of hydrogen-bond donors (Lipinski definition) is 1. The monoisotopic (exact) mass is 498 g/mol. The standard InChI is InChI=1S/C29H42N2OS2/c1-20(24-12-10-11-15-30-24)31-27(32)19-33-25-13-8-9-14-26(25)34-23-17-21(28(2,3)4)16-22(18-23)29(5,6)7/h10-12,15-18,20,25-26H,8-9,13-14,19H2,1-7H3,(H,31,32). The summed E-state index contributed by atoms with van der Waals surface area (Å²) < 4.78 is 0. The van der Waals surface area contributed by atoms with Crippen molar-refractivity contribution >= 4 is 29.4 Å². The van der Waals surface area contributed by atoms with Crippen molar-refractivity contribution in [1.29, 1.82) is 0 Å². The Morgan fingerprint density at radius 3 is 2.18 bits per heavy atom. The summed E-state index contributed by atoms with van der Waals surface area (Å²) in [7, 11) is 0. The first kappa shape index (κ1) is 27.1. The maximum Gasteiger partial charge on any atom is 0.230 e. The lowest BCUT2D eigenvalue weighted by Crippen LogP contribution is -2.31. The van der Waals surface area contributed by atoms with Crippen molar-refractivity contribution in [3.63, 3.8) is 0 Å². The maximum absolute atomic E-state index is 12.7. The average Bonchev–Trinajstić information content (AvgIpc) is 2.77. The predicted octanol–water partition coefficient (Wildman–Crippen LogP) is 7.69. The summed E-state index contributed by atoms with van der Waals surface area (Å²) in [6.07, 6.45) is 6.73. The van der Waals surface area contributed by atoms with Gasteiger partial charge in [0.15, 0.2) is 0 Å². The third kappa shape index (κ3) is 7.78. The summed E-state index contributed by atoms with van der Waals surface area (Å²) in [4.78, 5) is 18.4. The Morgan fingerprint density at radius 2 is 1.62 bits per heavy atom. The Morgan fingerprint density at radius 1 is 1.00 bits per heavy atom. The summed E-state index contributed by atoms with van der Waals surface area (Å²) >= 11 is 3.87. The Balaban J connectivity index is 1.66. The van der Waals surface area contributed by atoms with E-state index in [1.807, 2.05) is 48.6 Å². The van der Waals surface area contributed by atoms with Crippen molar-refractivity contribution in [1.82, 2.24) is 10.3 Å². The zero-order valence-electron chi connectivity index (χ0n) is 22.0. The minimum atomic E-state index is -0.0678. The van der Waals surface area contributed by atoms with Crippen LogP contribution in [0.25, 0.3) is 0 Å². The molecular formula is C29H42N2OS2. The van der Waals surface area contributed by atoms with Crippen LogP contribution < -0.4 is 5.32 Å². The van der Waals surface area contributed by atoms with Gasteiger partial charge in [0.25, 0.3) is 0 Å². The van der Waals surface area contributed by atoms with E-state index in [0.717, 1.165) is 5.69 Å². The largest absolute Gasteiger partial charge is 0.347 e. The van der Waals surface area contributed by atoms with Gasteiger partial charge in [-0.25, -0.2) is 0 Å². The van der Waals surface area contributed by atoms with Crippen LogP contribution in [0.3, 0.4) is 0 Å². The molecule has 3 rings (SSSR count). The van der Waals surface area contributed by atoms with Crippen LogP contribution in [0.4, 0.5) is 0 Å². The van der Waals surface area contributed by atoms with E-state index in [0.29, 0.717) is 16.3 Å². The summed E-state index contributed by atoms with van der Waals surface area (Å²) in [6.45, 7) is 15.8. The summed E-state index contributed by atoms with van der Waals surface area (Å²) in [5, 5.41) is 4.17. The van der Waals surface area contributed by atoms with Crippen molar-refractivity contribution in [2.24, 2.45) is 0 Å². The highest BCUT2D eigenvalue weighted by atomic mass is 32.2. The topological polar surface area (TPSA) is 42.0 Å². The number of carbonyl (C=O) groups excluding carboxylic acids is 1. The fraction of sp³-hybridized carbons (Fsp3) is 0.586. The molecule has 186 valence electrons. The number of benzene rings is 1. The molecule has 0 saturated heterocycles. The third-order valence-corrected chi connectivity index (χ3v) is 9.47. The number of hydrogen-bond acceptors (Lipinski definition) is 4. The number of nitrogens with one attached hydrogen (secondary N) is 1. The molecule has 5 heteroatoms. The third-order valence-electron chi connectivity index (χ3n) is 6.51. The highest BCUT2D eigenvalue weighted by Gasteiger charge is 2.29. The lowest BCUT2D eigenvalue weighted by molar-refractivity contribution is -0.119. The van der Waals surface area contributed by atoms with Crippen LogP contribution in [0.1, 0.15) is 97.0 Å². The van der Waals surface area contributed by atoms with Gasteiger partial charge in [0.1, 0.15) is 0 Å². The Kier molecular flexibility index (Phi) is 9.19. The van der Waals surface area contributed by atoms with Gasteiger partial charge >= 0.3 is 0 Å². The van der Waals surface area contributed by atoms with Crippen LogP contribution in [0, 0.1) is 0 Å². The molecule has 3 unspecified atom stereocenters. The summed E-state index contributed by atoms with van der Waals surface area (Å²) in [5.74, 6) is 0.607. The molecule has 1 aromatic heterocycles. The molecule has 1 saturated carbocycles. The molecule has 1 aliphatic carbocycles. The van der Waals surface area contributed by atoms with Crippen molar-refractivity contribution in [3.8, 4) is 0 Å². The van der Waals surface area contributed by atoms with E-state index in [-0.39, 0.29) is 22.8 Å². The molecule has 34 heavy (non-hydrogen) atoms. The molecule has 1 fully saturated rings. The van der Waals surface area contributed by atoms with E-state index in [4.69, 9.17) is 0 Å². The number of aromatic nitrogens is 1. The molecule has 3 nitrogen and oxygen atoms in total. The molecule has 1 N–H and O–H groups in total. The second-order valence-corrected chi connectivity index (χ2v) is 14.1. The molecular weight excluding hydrogens is 456 g/mol. The van der Waals surface area contributed by atoms with Crippen LogP contribution >= 0.6 is 23.5 Å². The second kappa shape index (κ2) is 11.5. The van der Waals surface area contributed by atoms with Crippen LogP contribution in [-0.4, -0.2) is 27.1 Å². The SMILES string of the molecule is CC(NC(=O)CSC1CCCCC1Sc1cc(C(C)(C)C)cc(C(C)(C)C)c1)c1ccccn1. The van der Waals surface area contributed by atoms with Gasteiger partial charge < -0.3 is 5.32 Å². The summed E-state index contributed by atoms with van der Waals surface area (Å²) in [5.41, 5.74) is 3.97. The molecule has 0 radical (unpaired) electrons. The first-order valence-corrected chi connectivity index (χ1v) is 14.5. The predicted molar refractivity (Wildman–Crippen MR) is 149 cm³/mol. The summed E-state index contributed by atoms with van der Waals surface area (Å²) in [6, 6.07) is 12.9. The lowest BCUT2D eigenvalue weighted by Gasteiger charge is -2.32. The molecule has 0 spiro atoms. The normalized spacial score (nSPS) is 20.1. The van der Waals surface area contributed by atoms with Crippen molar-refractivity contribution < 1.29 is 4.79 Å². The van der Waals surface area contributed by atoms with Gasteiger partial charge in [-0.2, -0.15) is 0 Å². The van der Waals surface area contributed by atoms with Crippen molar-refractivity contribution in [2.45, 2.75) is 106 Å². The molecule has 2 aromatic rings. The van der Waals surface area contributed by atoms with Gasteiger partial charge in [-0.1, -0.05) is 66.5 Å². The van der Waals surface area contributed by atoms with E-state index in [9.17, 15) is 4.79 Å². The Bertz CT molecular complexity index is 915. The zero-order valence-corrected chi connectivity index (χ0v) is 23.6. The van der Waals surface area contributed by atoms with Gasteiger partial charge in [0.2, 0.25) is 5.91 Å². The van der Waals surface area contributed by atoms with Crippen molar-refractivity contribution in [3.05, 3.63) is 59.4 Å². The van der Waals surface area contributed by atoms with E-state index < -0.39 is 0 Å². The molecule has 1 amide bonds. The van der Waals surface area contributed by atoms with Gasteiger partial charge in [-0.15, -0.1) is 23.5 Å². The smallest absolute Gasteiger partial charge is 0.230 e. The molecule has 1 heterocycles. The quantitative estimate of drug-likeness (QED) is 0.425. The first-order chi connectivity index (χ1) is 15.9. The fourth-order valence-electron chi connectivity index (χ4n) is 4.27. The first-order valence-electron chi connectivity index (χ1n) is 12.6. The van der Waals surface area contributed by atoms with Crippen LogP contribution in [-0.2, 0) is 15.6 Å². The molecule has 1 aliphatic rings. The molecule has 3 atom stereocenters. The zero-order chi connectivity index (χ0) is 24.9. The van der Waals surface area contributed by atoms with Crippen LogP contribution in [0.2, 0.25) is 0 Å². The van der Waals surface area contributed by atoms with E-state index in [1.54, 1.807) is 6.20 Å². The van der Waals surface area contributed by atoms with E-state index in [2.05, 4.69) is 70.0 Å². The lowest BCUT2D eigenvalue weighted by atomic mass is 9.81. The highest BCUT2D eigenvalue weighted by molar-refractivity contribution is 8.04. The molecule has 1 aromatic carbocycles.